The van der Waals surface area contributed by atoms with Gasteiger partial charge in [0.05, 0.1) is 11.3 Å². The number of carboxylic acids is 1. The van der Waals surface area contributed by atoms with Crippen molar-refractivity contribution < 1.29 is 18.3 Å². The van der Waals surface area contributed by atoms with E-state index < -0.39 is 16.0 Å². The van der Waals surface area contributed by atoms with Crippen LogP contribution in [0.1, 0.15) is 25.3 Å². The summed E-state index contributed by atoms with van der Waals surface area (Å²) in [5.41, 5.74) is 1.89. The number of aliphatic carboxylic acids is 1. The summed E-state index contributed by atoms with van der Waals surface area (Å²) in [6.45, 7) is 4.36. The number of rotatable bonds is 4. The van der Waals surface area contributed by atoms with Gasteiger partial charge in [0.2, 0.25) is 10.0 Å². The van der Waals surface area contributed by atoms with Gasteiger partial charge in [-0.3, -0.25) is 4.79 Å². The normalized spacial score (nSPS) is 21.9. The second-order valence-corrected chi connectivity index (χ2v) is 7.54. The summed E-state index contributed by atoms with van der Waals surface area (Å²) >= 11 is 0. The van der Waals surface area contributed by atoms with Crippen LogP contribution in [0.15, 0.2) is 40.8 Å². The first-order valence-corrected chi connectivity index (χ1v) is 8.72. The molecule has 1 aromatic carbocycles. The molecule has 1 aliphatic heterocycles. The van der Waals surface area contributed by atoms with Crippen molar-refractivity contribution >= 4 is 16.0 Å². The molecule has 1 saturated heterocycles. The Labute approximate surface area is 131 Å². The molecule has 0 aliphatic carbocycles. The van der Waals surface area contributed by atoms with E-state index in [1.165, 1.54) is 4.31 Å². The van der Waals surface area contributed by atoms with Crippen LogP contribution in [0.4, 0.5) is 0 Å². The van der Waals surface area contributed by atoms with Gasteiger partial charge in [-0.25, -0.2) is 8.42 Å². The van der Waals surface area contributed by atoms with Gasteiger partial charge < -0.3 is 5.11 Å². The minimum absolute atomic E-state index is 0.0537. The fourth-order valence-corrected chi connectivity index (χ4v) is 4.18. The van der Waals surface area contributed by atoms with E-state index in [4.69, 9.17) is 5.11 Å². The minimum atomic E-state index is -3.53. The highest BCUT2D eigenvalue weighted by atomic mass is 32.2. The molecule has 0 bridgehead atoms. The summed E-state index contributed by atoms with van der Waals surface area (Å²) in [6.07, 6.45) is 2.43. The lowest BCUT2D eigenvalue weighted by molar-refractivity contribution is -0.137. The molecule has 22 heavy (non-hydrogen) atoms. The van der Waals surface area contributed by atoms with Crippen LogP contribution < -0.4 is 0 Å². The fraction of sp³-hybridized carbons (Fsp3) is 0.438. The highest BCUT2D eigenvalue weighted by Crippen LogP contribution is 2.29. The molecule has 0 amide bonds. The molecule has 120 valence electrons. The second kappa shape index (κ2) is 6.62. The number of carboxylic acid groups (broad SMARTS) is 1. The molecule has 1 aromatic rings. The average molecular weight is 323 g/mol. The number of allylic oxidation sites excluding steroid dienone is 1. The van der Waals surface area contributed by atoms with Crippen LogP contribution in [-0.4, -0.2) is 36.9 Å². The minimum Gasteiger partial charge on any atom is -0.481 e. The molecule has 0 spiro atoms. The molecule has 1 atom stereocenters. The molecular weight excluding hydrogens is 302 g/mol. The topological polar surface area (TPSA) is 74.7 Å². The first-order valence-electron chi connectivity index (χ1n) is 7.28. The molecule has 1 fully saturated rings. The van der Waals surface area contributed by atoms with E-state index in [2.05, 4.69) is 0 Å². The van der Waals surface area contributed by atoms with Crippen LogP contribution >= 0.6 is 0 Å². The van der Waals surface area contributed by atoms with Gasteiger partial charge in [0.25, 0.3) is 0 Å². The first kappa shape index (κ1) is 16.7. The number of carbonyl (C=O) groups is 1. The standard InChI is InChI=1S/C16H21NO4S/c1-3-13-11-17(9-8-14(13)10-16(18)19)22(20,21)15-6-4-12(2)5-7-15/h3-7,14H,8-11H2,1-2H3,(H,18,19)/b13-3+/t14-/m1/s1. The maximum atomic E-state index is 12.7. The molecular formula is C16H21NO4S. The Hall–Kier alpha value is -1.66. The molecule has 1 N–H and O–H groups in total. The van der Waals surface area contributed by atoms with Crippen molar-refractivity contribution in [2.24, 2.45) is 5.92 Å². The van der Waals surface area contributed by atoms with Crippen molar-refractivity contribution in [1.29, 1.82) is 0 Å². The van der Waals surface area contributed by atoms with Gasteiger partial charge in [-0.15, -0.1) is 0 Å². The fourth-order valence-electron chi connectivity index (χ4n) is 2.73. The predicted octanol–water partition coefficient (Wildman–Crippen LogP) is 2.43. The highest BCUT2D eigenvalue weighted by Gasteiger charge is 2.32. The van der Waals surface area contributed by atoms with E-state index >= 15 is 0 Å². The van der Waals surface area contributed by atoms with Gasteiger partial charge in [0.1, 0.15) is 0 Å². The lowest BCUT2D eigenvalue weighted by Gasteiger charge is -2.33. The summed E-state index contributed by atoms with van der Waals surface area (Å²) in [4.78, 5) is 11.2. The smallest absolute Gasteiger partial charge is 0.303 e. The van der Waals surface area contributed by atoms with E-state index in [9.17, 15) is 13.2 Å². The number of sulfonamides is 1. The second-order valence-electron chi connectivity index (χ2n) is 5.60. The summed E-state index contributed by atoms with van der Waals surface area (Å²) in [7, 11) is -3.53. The molecule has 0 saturated carbocycles. The maximum Gasteiger partial charge on any atom is 0.303 e. The molecule has 0 radical (unpaired) electrons. The molecule has 0 aromatic heterocycles. The molecule has 1 aliphatic rings. The van der Waals surface area contributed by atoms with E-state index in [0.717, 1.165) is 11.1 Å². The zero-order chi connectivity index (χ0) is 16.3. The van der Waals surface area contributed by atoms with E-state index in [1.807, 2.05) is 19.9 Å². The Morgan fingerprint density at radius 2 is 2.00 bits per heavy atom. The zero-order valence-corrected chi connectivity index (χ0v) is 13.6. The third kappa shape index (κ3) is 3.56. The number of hydrogen-bond donors (Lipinski definition) is 1. The monoisotopic (exact) mass is 323 g/mol. The van der Waals surface area contributed by atoms with Gasteiger partial charge in [0, 0.05) is 13.1 Å². The number of piperidine rings is 1. The van der Waals surface area contributed by atoms with Crippen molar-refractivity contribution in [3.8, 4) is 0 Å². The average Bonchev–Trinajstić information content (AvgIpc) is 2.47. The number of benzene rings is 1. The van der Waals surface area contributed by atoms with Crippen LogP contribution in [0.2, 0.25) is 0 Å². The summed E-state index contributed by atoms with van der Waals surface area (Å²) in [6, 6.07) is 6.79. The first-order chi connectivity index (χ1) is 10.3. The summed E-state index contributed by atoms with van der Waals surface area (Å²) in [5, 5.41) is 8.95. The van der Waals surface area contributed by atoms with Gasteiger partial charge in [-0.05, 0) is 38.3 Å². The summed E-state index contributed by atoms with van der Waals surface area (Å²) in [5.74, 6) is -0.925. The van der Waals surface area contributed by atoms with Gasteiger partial charge in [0.15, 0.2) is 0 Å². The molecule has 1 heterocycles. The lowest BCUT2D eigenvalue weighted by Crippen LogP contribution is -2.40. The summed E-state index contributed by atoms with van der Waals surface area (Å²) < 4.78 is 26.8. The lowest BCUT2D eigenvalue weighted by atomic mass is 9.89. The Morgan fingerprint density at radius 3 is 2.55 bits per heavy atom. The van der Waals surface area contributed by atoms with Crippen LogP contribution in [-0.2, 0) is 14.8 Å². The Bertz CT molecular complexity index is 677. The highest BCUT2D eigenvalue weighted by molar-refractivity contribution is 7.89. The predicted molar refractivity (Wildman–Crippen MR) is 84.1 cm³/mol. The van der Waals surface area contributed by atoms with Gasteiger partial charge in [-0.2, -0.15) is 4.31 Å². The Kier molecular flexibility index (Phi) is 5.03. The van der Waals surface area contributed by atoms with Gasteiger partial charge in [-0.1, -0.05) is 29.3 Å². The van der Waals surface area contributed by atoms with Crippen molar-refractivity contribution in [2.75, 3.05) is 13.1 Å². The maximum absolute atomic E-state index is 12.7. The Morgan fingerprint density at radius 1 is 1.36 bits per heavy atom. The third-order valence-electron chi connectivity index (χ3n) is 4.06. The van der Waals surface area contributed by atoms with Crippen LogP contribution in [0.5, 0.6) is 0 Å². The van der Waals surface area contributed by atoms with E-state index in [0.29, 0.717) is 13.0 Å². The molecule has 5 nitrogen and oxygen atoms in total. The van der Waals surface area contributed by atoms with E-state index in [1.54, 1.807) is 24.3 Å². The number of aryl methyl sites for hydroxylation is 1. The van der Waals surface area contributed by atoms with Crippen molar-refractivity contribution in [3.05, 3.63) is 41.5 Å². The number of hydrogen-bond acceptors (Lipinski definition) is 3. The quantitative estimate of drug-likeness (QED) is 0.864. The van der Waals surface area contributed by atoms with Crippen molar-refractivity contribution in [3.63, 3.8) is 0 Å². The van der Waals surface area contributed by atoms with E-state index in [-0.39, 0.29) is 23.8 Å². The van der Waals surface area contributed by atoms with Crippen molar-refractivity contribution in [1.82, 2.24) is 4.31 Å². The van der Waals surface area contributed by atoms with Crippen LogP contribution in [0.25, 0.3) is 0 Å². The third-order valence-corrected chi connectivity index (χ3v) is 5.92. The molecule has 6 heteroatoms. The van der Waals surface area contributed by atoms with Crippen LogP contribution in [0.3, 0.4) is 0 Å². The van der Waals surface area contributed by atoms with Crippen LogP contribution in [0, 0.1) is 12.8 Å². The molecule has 0 unspecified atom stereocenters. The Balaban J connectivity index is 2.20. The van der Waals surface area contributed by atoms with Gasteiger partial charge >= 0.3 is 5.97 Å². The SMILES string of the molecule is C/C=C1\CN(S(=O)(=O)c2ccc(C)cc2)CC[C@@H]1CC(=O)O. The van der Waals surface area contributed by atoms with Crippen molar-refractivity contribution in [2.45, 2.75) is 31.6 Å². The molecule has 2 rings (SSSR count). The zero-order valence-electron chi connectivity index (χ0n) is 12.8. The largest absolute Gasteiger partial charge is 0.481 e. The number of nitrogens with zero attached hydrogens (tertiary/aromatic N) is 1.